The zero-order valence-electron chi connectivity index (χ0n) is 10.6. The van der Waals surface area contributed by atoms with Crippen LogP contribution in [-0.4, -0.2) is 22.5 Å². The van der Waals surface area contributed by atoms with Crippen molar-refractivity contribution < 1.29 is 9.53 Å². The van der Waals surface area contributed by atoms with Crippen molar-refractivity contribution in [3.05, 3.63) is 40.5 Å². The Kier molecular flexibility index (Phi) is 3.58. The van der Waals surface area contributed by atoms with Crippen molar-refractivity contribution in [2.24, 2.45) is 0 Å². The predicted octanol–water partition coefficient (Wildman–Crippen LogP) is 4.23. The van der Waals surface area contributed by atoms with Gasteiger partial charge in [-0.3, -0.25) is 0 Å². The number of aromatic nitrogens is 2. The van der Waals surface area contributed by atoms with E-state index < -0.39 is 0 Å². The number of rotatable bonds is 3. The molecule has 0 saturated carbocycles. The van der Waals surface area contributed by atoms with Crippen molar-refractivity contribution in [3.8, 4) is 10.6 Å². The largest absolute Gasteiger partial charge is 0.461 e. The van der Waals surface area contributed by atoms with Gasteiger partial charge in [0.15, 0.2) is 5.65 Å². The molecule has 0 fully saturated rings. The van der Waals surface area contributed by atoms with Gasteiger partial charge in [0.1, 0.15) is 10.7 Å². The Labute approximate surface area is 127 Å². The maximum atomic E-state index is 11.8. The van der Waals surface area contributed by atoms with Crippen LogP contribution >= 0.6 is 27.3 Å². The summed E-state index contributed by atoms with van der Waals surface area (Å²) in [6.07, 6.45) is 0. The van der Waals surface area contributed by atoms with Gasteiger partial charge in [0.25, 0.3) is 0 Å². The number of H-pyrrole nitrogens is 1. The summed E-state index contributed by atoms with van der Waals surface area (Å²) in [5, 5.41) is 0.919. The summed E-state index contributed by atoms with van der Waals surface area (Å²) >= 11 is 4.98. The Bertz CT molecular complexity index is 764. The van der Waals surface area contributed by atoms with Crippen LogP contribution in [0, 0.1) is 0 Å². The first kappa shape index (κ1) is 13.3. The zero-order chi connectivity index (χ0) is 14.1. The predicted molar refractivity (Wildman–Crippen MR) is 83.1 cm³/mol. The smallest absolute Gasteiger partial charge is 0.356 e. The number of hydrogen-bond acceptors (Lipinski definition) is 4. The number of thiazole rings is 1. The van der Waals surface area contributed by atoms with Crippen molar-refractivity contribution in [1.82, 2.24) is 9.97 Å². The maximum absolute atomic E-state index is 11.8. The molecule has 0 aliphatic heterocycles. The van der Waals surface area contributed by atoms with Crippen LogP contribution in [0.15, 0.2) is 34.8 Å². The normalized spacial score (nSPS) is 10.9. The molecular formula is C14H11BrN2O2S. The van der Waals surface area contributed by atoms with Crippen molar-refractivity contribution in [2.45, 2.75) is 6.92 Å². The minimum absolute atomic E-state index is 0.348. The van der Waals surface area contributed by atoms with E-state index in [4.69, 9.17) is 4.74 Å². The summed E-state index contributed by atoms with van der Waals surface area (Å²) in [7, 11) is 0. The fourth-order valence-corrected chi connectivity index (χ4v) is 3.55. The number of nitrogens with one attached hydrogen (secondary N) is 1. The second-order valence-electron chi connectivity index (χ2n) is 4.10. The van der Waals surface area contributed by atoms with Crippen LogP contribution in [0.2, 0.25) is 0 Å². The third-order valence-electron chi connectivity index (χ3n) is 2.79. The molecule has 0 bridgehead atoms. The van der Waals surface area contributed by atoms with E-state index in [2.05, 4.69) is 25.9 Å². The number of esters is 1. The molecule has 0 amide bonds. The molecule has 1 N–H and O–H groups in total. The third kappa shape index (κ3) is 2.25. The highest BCUT2D eigenvalue weighted by molar-refractivity contribution is 9.10. The number of aromatic amines is 1. The Morgan fingerprint density at radius 1 is 1.40 bits per heavy atom. The minimum atomic E-state index is -0.370. The van der Waals surface area contributed by atoms with Gasteiger partial charge < -0.3 is 9.72 Å². The molecule has 0 aliphatic rings. The molecule has 1 aromatic carbocycles. The highest BCUT2D eigenvalue weighted by Crippen LogP contribution is 2.36. The molecule has 0 aliphatic carbocycles. The molecule has 0 radical (unpaired) electrons. The average molecular weight is 351 g/mol. The molecule has 0 atom stereocenters. The average Bonchev–Trinajstić information content (AvgIpc) is 3.00. The first-order valence-electron chi connectivity index (χ1n) is 6.11. The lowest BCUT2D eigenvalue weighted by molar-refractivity contribution is 0.0519. The van der Waals surface area contributed by atoms with Crippen LogP contribution in [0.4, 0.5) is 0 Å². The van der Waals surface area contributed by atoms with E-state index >= 15 is 0 Å². The van der Waals surface area contributed by atoms with Crippen LogP contribution in [-0.2, 0) is 4.74 Å². The molecule has 3 aromatic rings. The van der Waals surface area contributed by atoms with Crippen LogP contribution in [0.3, 0.4) is 0 Å². The van der Waals surface area contributed by atoms with Gasteiger partial charge >= 0.3 is 5.97 Å². The highest BCUT2D eigenvalue weighted by atomic mass is 79.9. The van der Waals surface area contributed by atoms with Crippen molar-refractivity contribution >= 4 is 43.6 Å². The van der Waals surface area contributed by atoms with Gasteiger partial charge in [-0.15, -0.1) is 11.3 Å². The van der Waals surface area contributed by atoms with E-state index in [9.17, 15) is 4.79 Å². The van der Waals surface area contributed by atoms with Gasteiger partial charge in [0.05, 0.1) is 15.8 Å². The van der Waals surface area contributed by atoms with Crippen LogP contribution < -0.4 is 0 Å². The fraction of sp³-hybridized carbons (Fsp3) is 0.143. The van der Waals surface area contributed by atoms with Crippen molar-refractivity contribution in [1.29, 1.82) is 0 Å². The Morgan fingerprint density at radius 2 is 2.15 bits per heavy atom. The number of benzene rings is 1. The molecule has 4 nitrogen and oxygen atoms in total. The first-order chi connectivity index (χ1) is 9.70. The third-order valence-corrected chi connectivity index (χ3v) is 4.97. The van der Waals surface area contributed by atoms with E-state index in [0.717, 1.165) is 15.3 Å². The van der Waals surface area contributed by atoms with Crippen LogP contribution in [0.5, 0.6) is 0 Å². The second kappa shape index (κ2) is 5.38. The molecule has 0 unspecified atom stereocenters. The Morgan fingerprint density at radius 3 is 2.80 bits per heavy atom. The van der Waals surface area contributed by atoms with Crippen LogP contribution in [0.25, 0.3) is 20.9 Å². The molecule has 6 heteroatoms. The minimum Gasteiger partial charge on any atom is -0.461 e. The summed E-state index contributed by atoms with van der Waals surface area (Å²) in [4.78, 5) is 19.3. The number of carbonyl (C=O) groups is 1. The number of halogens is 1. The van der Waals surface area contributed by atoms with Crippen molar-refractivity contribution in [2.75, 3.05) is 6.61 Å². The van der Waals surface area contributed by atoms with Gasteiger partial charge in [-0.2, -0.15) is 0 Å². The molecule has 2 heterocycles. The summed E-state index contributed by atoms with van der Waals surface area (Å²) < 4.78 is 6.64. The number of nitrogens with zero attached hydrogens (tertiary/aromatic N) is 1. The lowest BCUT2D eigenvalue weighted by Crippen LogP contribution is -2.05. The summed E-state index contributed by atoms with van der Waals surface area (Å²) in [6, 6.07) is 9.95. The maximum Gasteiger partial charge on any atom is 0.356 e. The second-order valence-corrected chi connectivity index (χ2v) is 5.89. The van der Waals surface area contributed by atoms with E-state index in [1.54, 1.807) is 6.92 Å². The Hall–Kier alpha value is -1.66. The number of fused-ring (bicyclic) bond motifs is 1. The van der Waals surface area contributed by atoms with E-state index in [-0.39, 0.29) is 5.97 Å². The first-order valence-corrected chi connectivity index (χ1v) is 7.72. The topological polar surface area (TPSA) is 55.0 Å². The Balaban J connectivity index is 2.04. The van der Waals surface area contributed by atoms with Crippen molar-refractivity contribution in [3.63, 3.8) is 0 Å². The SMILES string of the molecule is CCOC(=O)c1[nH]c2nc(-c3ccccc3)sc2c1Br. The summed E-state index contributed by atoms with van der Waals surface area (Å²) in [5.41, 5.74) is 2.18. The molecular weight excluding hydrogens is 340 g/mol. The van der Waals surface area contributed by atoms with E-state index in [0.29, 0.717) is 22.4 Å². The molecule has 102 valence electrons. The molecule has 0 spiro atoms. The van der Waals surface area contributed by atoms with Crippen LogP contribution in [0.1, 0.15) is 17.4 Å². The number of carbonyl (C=O) groups excluding carboxylic acids is 1. The molecule has 20 heavy (non-hydrogen) atoms. The molecule has 0 saturated heterocycles. The van der Waals surface area contributed by atoms with E-state index in [1.165, 1.54) is 11.3 Å². The van der Waals surface area contributed by atoms with Gasteiger partial charge in [-0.05, 0) is 22.9 Å². The van der Waals surface area contributed by atoms with Gasteiger partial charge in [-0.1, -0.05) is 30.3 Å². The zero-order valence-corrected chi connectivity index (χ0v) is 13.0. The summed E-state index contributed by atoms with van der Waals surface area (Å²) in [5.74, 6) is -0.370. The molecule has 3 rings (SSSR count). The monoisotopic (exact) mass is 350 g/mol. The van der Waals surface area contributed by atoms with Gasteiger partial charge in [0, 0.05) is 5.56 Å². The number of hydrogen-bond donors (Lipinski definition) is 1. The molecule has 2 aromatic heterocycles. The fourth-order valence-electron chi connectivity index (χ4n) is 1.89. The summed E-state index contributed by atoms with van der Waals surface area (Å²) in [6.45, 7) is 2.13. The standard InChI is InChI=1S/C14H11BrN2O2S/c1-2-19-14(18)10-9(15)11-12(16-10)17-13(20-11)8-6-4-3-5-7-8/h3-7,16H,2H2,1H3. The van der Waals surface area contributed by atoms with Gasteiger partial charge in [0.2, 0.25) is 0 Å². The highest BCUT2D eigenvalue weighted by Gasteiger charge is 2.20. The van der Waals surface area contributed by atoms with Gasteiger partial charge in [-0.25, -0.2) is 9.78 Å². The number of ether oxygens (including phenoxy) is 1. The quantitative estimate of drug-likeness (QED) is 0.719. The lowest BCUT2D eigenvalue weighted by Gasteiger charge is -1.99. The van der Waals surface area contributed by atoms with E-state index in [1.807, 2.05) is 30.3 Å². The lowest BCUT2D eigenvalue weighted by atomic mass is 10.2.